The van der Waals surface area contributed by atoms with Crippen molar-refractivity contribution in [3.63, 3.8) is 0 Å². The second-order valence-corrected chi connectivity index (χ2v) is 11.5. The number of ether oxygens (including phenoxy) is 1. The summed E-state index contributed by atoms with van der Waals surface area (Å²) in [5.41, 5.74) is 3.47. The molecule has 34 heavy (non-hydrogen) atoms. The molecule has 1 aliphatic heterocycles. The number of aliphatic hydroxyl groups excluding tert-OH is 2. The number of nitrogens with zero attached hydrogens (tertiary/aromatic N) is 1. The highest BCUT2D eigenvalue weighted by Gasteiger charge is 2.50. The fraction of sp³-hybridized carbons (Fsp3) is 0.786. The average Bonchev–Trinajstić information content (AvgIpc) is 3.38. The van der Waals surface area contributed by atoms with Gasteiger partial charge in [-0.15, -0.1) is 0 Å². The van der Waals surface area contributed by atoms with E-state index in [2.05, 4.69) is 37.5 Å². The summed E-state index contributed by atoms with van der Waals surface area (Å²) in [6.07, 6.45) is 8.77. The van der Waals surface area contributed by atoms with Crippen LogP contribution in [0.1, 0.15) is 65.2 Å². The summed E-state index contributed by atoms with van der Waals surface area (Å²) in [5, 5.41) is 20.3. The topological polar surface area (TPSA) is 52.9 Å². The third-order valence-electron chi connectivity index (χ3n) is 9.26. The zero-order valence-electron chi connectivity index (χ0n) is 20.9. The molecule has 1 saturated heterocycles. The van der Waals surface area contributed by atoms with Crippen molar-refractivity contribution in [2.75, 3.05) is 26.2 Å². The Morgan fingerprint density at radius 3 is 2.62 bits per heavy atom. The molecule has 3 aliphatic carbocycles. The molecule has 1 heterocycles. The monoisotopic (exact) mass is 479 g/mol. The van der Waals surface area contributed by atoms with Crippen molar-refractivity contribution in [2.24, 2.45) is 23.2 Å². The largest absolute Gasteiger partial charge is 0.388 e. The summed E-state index contributed by atoms with van der Waals surface area (Å²) in [6.45, 7) is 11.0. The summed E-state index contributed by atoms with van der Waals surface area (Å²) in [6, 6.07) is 0. The minimum atomic E-state index is -2.39. The molecule has 6 heteroatoms. The zero-order valence-corrected chi connectivity index (χ0v) is 20.9. The van der Waals surface area contributed by atoms with E-state index in [1.54, 1.807) is 0 Å². The van der Waals surface area contributed by atoms with Gasteiger partial charge in [0.2, 0.25) is 0 Å². The van der Waals surface area contributed by atoms with Crippen LogP contribution in [0.5, 0.6) is 0 Å². The lowest BCUT2D eigenvalue weighted by atomic mass is 9.61. The average molecular weight is 480 g/mol. The Labute approximate surface area is 203 Å². The van der Waals surface area contributed by atoms with Gasteiger partial charge in [-0.3, -0.25) is 0 Å². The Morgan fingerprint density at radius 1 is 1.18 bits per heavy atom. The molecule has 0 radical (unpaired) electrons. The fourth-order valence-electron chi connectivity index (χ4n) is 7.48. The lowest BCUT2D eigenvalue weighted by Gasteiger charge is -2.45. The van der Waals surface area contributed by atoms with Crippen LogP contribution in [0.2, 0.25) is 0 Å². The van der Waals surface area contributed by atoms with E-state index in [9.17, 15) is 19.0 Å². The van der Waals surface area contributed by atoms with Gasteiger partial charge in [0.05, 0.1) is 18.3 Å². The molecule has 4 rings (SSSR count). The Morgan fingerprint density at radius 2 is 1.91 bits per heavy atom. The van der Waals surface area contributed by atoms with Gasteiger partial charge >= 0.3 is 0 Å². The number of hydrogen-bond donors (Lipinski definition) is 2. The van der Waals surface area contributed by atoms with Gasteiger partial charge in [0.25, 0.3) is 6.43 Å². The molecule has 0 bridgehead atoms. The maximum atomic E-state index is 12.5. The minimum Gasteiger partial charge on any atom is -0.388 e. The van der Waals surface area contributed by atoms with E-state index in [0.29, 0.717) is 41.6 Å². The van der Waals surface area contributed by atoms with Gasteiger partial charge in [0.1, 0.15) is 6.61 Å². The van der Waals surface area contributed by atoms with E-state index >= 15 is 0 Å². The Kier molecular flexibility index (Phi) is 8.33. The van der Waals surface area contributed by atoms with Crippen LogP contribution in [-0.2, 0) is 4.74 Å². The van der Waals surface area contributed by atoms with Gasteiger partial charge in [-0.2, -0.15) is 0 Å². The third kappa shape index (κ3) is 5.66. The number of aliphatic hydroxyl groups is 2. The number of likely N-dealkylation sites (tertiary alicyclic amines) is 1. The number of alkyl halides is 2. The first-order valence-corrected chi connectivity index (χ1v) is 13.2. The van der Waals surface area contributed by atoms with Crippen molar-refractivity contribution >= 4 is 0 Å². The first kappa shape index (κ1) is 26.0. The van der Waals surface area contributed by atoms with E-state index in [1.807, 2.05) is 0 Å². The second-order valence-electron chi connectivity index (χ2n) is 11.5. The van der Waals surface area contributed by atoms with Gasteiger partial charge in [0.15, 0.2) is 0 Å². The Bertz CT molecular complexity index is 781. The van der Waals surface area contributed by atoms with Crippen LogP contribution in [-0.4, -0.2) is 66.1 Å². The van der Waals surface area contributed by atoms with Crippen molar-refractivity contribution in [1.82, 2.24) is 4.90 Å². The summed E-state index contributed by atoms with van der Waals surface area (Å²) < 4.78 is 30.3. The van der Waals surface area contributed by atoms with Gasteiger partial charge in [0, 0.05) is 19.6 Å². The molecule has 4 nitrogen and oxygen atoms in total. The second kappa shape index (κ2) is 10.9. The van der Waals surface area contributed by atoms with Crippen molar-refractivity contribution in [3.05, 3.63) is 35.5 Å². The SMILES string of the molecule is C=C1[C@H](O)CC(=C/C=C2\CCC[C@]3(C)[C@@H]([C@H](C)CN4CC[C@H](OCC(F)F)C4)CC[C@@H]23)C[C@H]1O. The maximum absolute atomic E-state index is 12.5. The molecule has 4 fully saturated rings. The van der Waals surface area contributed by atoms with Crippen molar-refractivity contribution in [1.29, 1.82) is 0 Å². The summed E-state index contributed by atoms with van der Waals surface area (Å²) in [7, 11) is 0. The molecule has 0 aromatic heterocycles. The summed E-state index contributed by atoms with van der Waals surface area (Å²) in [5.74, 6) is 1.83. The predicted octanol–water partition coefficient (Wildman–Crippen LogP) is 5.12. The Hall–Kier alpha value is -1.08. The van der Waals surface area contributed by atoms with E-state index in [4.69, 9.17) is 4.74 Å². The number of fused-ring (bicyclic) bond motifs is 1. The molecule has 2 N–H and O–H groups in total. The van der Waals surface area contributed by atoms with Crippen LogP contribution in [0.15, 0.2) is 35.5 Å². The number of rotatable bonds is 7. The molecule has 7 atom stereocenters. The third-order valence-corrected chi connectivity index (χ3v) is 9.26. The number of allylic oxidation sites excluding steroid dienone is 3. The van der Waals surface area contributed by atoms with Crippen LogP contribution in [0, 0.1) is 23.2 Å². The van der Waals surface area contributed by atoms with Crippen LogP contribution in [0.3, 0.4) is 0 Å². The fourth-order valence-corrected chi connectivity index (χ4v) is 7.48. The lowest BCUT2D eigenvalue weighted by Crippen LogP contribution is -2.39. The van der Waals surface area contributed by atoms with Crippen molar-refractivity contribution < 1.29 is 23.7 Å². The molecule has 3 saturated carbocycles. The normalized spacial score (nSPS) is 39.1. The van der Waals surface area contributed by atoms with E-state index in [-0.39, 0.29) is 6.10 Å². The molecule has 192 valence electrons. The molecular formula is C28H43F2NO3. The highest BCUT2D eigenvalue weighted by Crippen LogP contribution is 2.59. The first-order chi connectivity index (χ1) is 16.2. The lowest BCUT2D eigenvalue weighted by molar-refractivity contribution is -0.0207. The smallest absolute Gasteiger partial charge is 0.261 e. The highest BCUT2D eigenvalue weighted by atomic mass is 19.3. The molecule has 0 unspecified atom stereocenters. The molecule has 0 aromatic rings. The number of hydrogen-bond acceptors (Lipinski definition) is 4. The predicted molar refractivity (Wildman–Crippen MR) is 131 cm³/mol. The van der Waals surface area contributed by atoms with Gasteiger partial charge in [-0.05, 0) is 80.1 Å². The van der Waals surface area contributed by atoms with Crippen LogP contribution >= 0.6 is 0 Å². The van der Waals surface area contributed by atoms with E-state index in [1.165, 1.54) is 31.3 Å². The molecule has 0 amide bonds. The molecular weight excluding hydrogens is 436 g/mol. The maximum Gasteiger partial charge on any atom is 0.261 e. The van der Waals surface area contributed by atoms with Crippen molar-refractivity contribution in [2.45, 2.75) is 90.0 Å². The molecule has 0 spiro atoms. The Balaban J connectivity index is 1.37. The van der Waals surface area contributed by atoms with Gasteiger partial charge in [-0.1, -0.05) is 43.7 Å². The highest BCUT2D eigenvalue weighted by molar-refractivity contribution is 5.29. The van der Waals surface area contributed by atoms with Gasteiger partial charge in [-0.25, -0.2) is 8.78 Å². The number of halogens is 2. The summed E-state index contributed by atoms with van der Waals surface area (Å²) >= 11 is 0. The summed E-state index contributed by atoms with van der Waals surface area (Å²) in [4.78, 5) is 2.41. The van der Waals surface area contributed by atoms with Crippen molar-refractivity contribution in [3.8, 4) is 0 Å². The molecule has 4 aliphatic rings. The van der Waals surface area contributed by atoms with Crippen LogP contribution in [0.4, 0.5) is 8.78 Å². The van der Waals surface area contributed by atoms with Gasteiger partial charge < -0.3 is 19.8 Å². The van der Waals surface area contributed by atoms with Crippen LogP contribution in [0.25, 0.3) is 0 Å². The molecule has 0 aromatic carbocycles. The zero-order chi connectivity index (χ0) is 24.5. The standard InChI is InChI=1S/C28H43F2NO3/c1-18(15-31-12-10-22(16-31)34-17-27(29)30)23-8-9-24-21(5-4-11-28(23,24)3)7-6-20-13-25(32)19(2)26(33)14-20/h6-7,18,22-27,32-33H,2,4-5,8-17H2,1,3H3/b21-7+/t18-,22+,23-,24+,25-,26-,28-/m1/s1. The van der Waals surface area contributed by atoms with E-state index < -0.39 is 25.2 Å². The quantitative estimate of drug-likeness (QED) is 0.498. The van der Waals surface area contributed by atoms with Crippen LogP contribution < -0.4 is 0 Å². The minimum absolute atomic E-state index is 0.0561. The van der Waals surface area contributed by atoms with E-state index in [0.717, 1.165) is 38.0 Å². The first-order valence-electron chi connectivity index (χ1n) is 13.2.